The predicted octanol–water partition coefficient (Wildman–Crippen LogP) is -0.855. The fourth-order valence-corrected chi connectivity index (χ4v) is 2.19. The SMILES string of the molecule is CO[C@H]1O[C@H](CO)[C@H](OC(C)=O)[C@H](OC(C)=O)[C@H]1OC(C)=O. The molecule has 0 saturated carbocycles. The molecule has 5 atom stereocenters. The summed E-state index contributed by atoms with van der Waals surface area (Å²) in [5.41, 5.74) is 0. The molecule has 0 amide bonds. The highest BCUT2D eigenvalue weighted by Crippen LogP contribution is 2.28. The van der Waals surface area contributed by atoms with Crippen LogP contribution in [-0.4, -0.2) is 67.4 Å². The Hall–Kier alpha value is -1.71. The van der Waals surface area contributed by atoms with Crippen molar-refractivity contribution < 1.29 is 43.2 Å². The van der Waals surface area contributed by atoms with Crippen LogP contribution in [0.4, 0.5) is 0 Å². The highest BCUT2D eigenvalue weighted by molar-refractivity contribution is 5.68. The van der Waals surface area contributed by atoms with Crippen molar-refractivity contribution in [3.63, 3.8) is 0 Å². The van der Waals surface area contributed by atoms with Gasteiger partial charge in [0.2, 0.25) is 0 Å². The van der Waals surface area contributed by atoms with Gasteiger partial charge in [-0.2, -0.15) is 0 Å². The molecule has 126 valence electrons. The summed E-state index contributed by atoms with van der Waals surface area (Å²) in [6.45, 7) is 2.96. The van der Waals surface area contributed by atoms with Gasteiger partial charge in [-0.25, -0.2) is 0 Å². The smallest absolute Gasteiger partial charge is 0.303 e. The molecule has 1 fully saturated rings. The van der Waals surface area contributed by atoms with Crippen LogP contribution in [0.15, 0.2) is 0 Å². The number of hydrogen-bond donors (Lipinski definition) is 1. The Balaban J connectivity index is 3.14. The van der Waals surface area contributed by atoms with E-state index in [1.54, 1.807) is 0 Å². The molecule has 1 saturated heterocycles. The van der Waals surface area contributed by atoms with Crippen molar-refractivity contribution in [3.8, 4) is 0 Å². The van der Waals surface area contributed by atoms with Gasteiger partial charge >= 0.3 is 17.9 Å². The Morgan fingerprint density at radius 2 is 1.36 bits per heavy atom. The van der Waals surface area contributed by atoms with Gasteiger partial charge in [-0.15, -0.1) is 0 Å². The molecule has 0 aromatic heterocycles. The lowest BCUT2D eigenvalue weighted by molar-refractivity contribution is -0.302. The molecular formula is C13H20O9. The molecule has 1 aliphatic heterocycles. The van der Waals surface area contributed by atoms with E-state index in [2.05, 4.69) is 0 Å². The van der Waals surface area contributed by atoms with E-state index in [0.717, 1.165) is 20.8 Å². The lowest BCUT2D eigenvalue weighted by atomic mass is 9.98. The number of hydrogen-bond acceptors (Lipinski definition) is 9. The summed E-state index contributed by atoms with van der Waals surface area (Å²) in [4.78, 5) is 33.8. The van der Waals surface area contributed by atoms with Gasteiger partial charge in [0.1, 0.15) is 6.10 Å². The number of methoxy groups -OCH3 is 1. The van der Waals surface area contributed by atoms with Crippen molar-refractivity contribution in [1.29, 1.82) is 0 Å². The fraction of sp³-hybridized carbons (Fsp3) is 0.769. The highest BCUT2D eigenvalue weighted by atomic mass is 16.7. The van der Waals surface area contributed by atoms with E-state index < -0.39 is 55.2 Å². The molecule has 1 rings (SSSR count). The number of rotatable bonds is 5. The number of carbonyl (C=O) groups is 3. The van der Waals surface area contributed by atoms with Gasteiger partial charge in [0.05, 0.1) is 6.61 Å². The Morgan fingerprint density at radius 1 is 0.909 bits per heavy atom. The van der Waals surface area contributed by atoms with Crippen molar-refractivity contribution in [3.05, 3.63) is 0 Å². The number of carbonyl (C=O) groups excluding carboxylic acids is 3. The third-order valence-electron chi connectivity index (χ3n) is 2.91. The number of aliphatic hydroxyl groups is 1. The summed E-state index contributed by atoms with van der Waals surface area (Å²) >= 11 is 0. The zero-order valence-electron chi connectivity index (χ0n) is 12.8. The second-order valence-electron chi connectivity index (χ2n) is 4.68. The van der Waals surface area contributed by atoms with Crippen molar-refractivity contribution in [1.82, 2.24) is 0 Å². The summed E-state index contributed by atoms with van der Waals surface area (Å²) < 4.78 is 25.7. The second-order valence-corrected chi connectivity index (χ2v) is 4.68. The molecule has 1 heterocycles. The lowest BCUT2D eigenvalue weighted by Gasteiger charge is -2.43. The Kier molecular flexibility index (Phi) is 6.72. The van der Waals surface area contributed by atoms with Crippen molar-refractivity contribution in [2.75, 3.05) is 13.7 Å². The molecule has 0 aromatic carbocycles. The summed E-state index contributed by atoms with van der Waals surface area (Å²) in [5.74, 6) is -1.99. The third kappa shape index (κ3) is 4.65. The highest BCUT2D eigenvalue weighted by Gasteiger charge is 2.51. The zero-order valence-corrected chi connectivity index (χ0v) is 12.8. The maximum absolute atomic E-state index is 11.3. The summed E-state index contributed by atoms with van der Waals surface area (Å²) in [6.07, 6.45) is -5.52. The Morgan fingerprint density at radius 3 is 1.77 bits per heavy atom. The molecule has 0 bridgehead atoms. The van der Waals surface area contributed by atoms with E-state index in [4.69, 9.17) is 23.7 Å². The van der Waals surface area contributed by atoms with Crippen LogP contribution >= 0.6 is 0 Å². The Labute approximate surface area is 127 Å². The van der Waals surface area contributed by atoms with E-state index in [-0.39, 0.29) is 0 Å². The van der Waals surface area contributed by atoms with Gasteiger partial charge < -0.3 is 28.8 Å². The van der Waals surface area contributed by atoms with E-state index in [9.17, 15) is 19.5 Å². The van der Waals surface area contributed by atoms with E-state index >= 15 is 0 Å². The molecule has 9 nitrogen and oxygen atoms in total. The monoisotopic (exact) mass is 320 g/mol. The van der Waals surface area contributed by atoms with Crippen LogP contribution in [0, 0.1) is 0 Å². The molecular weight excluding hydrogens is 300 g/mol. The minimum Gasteiger partial charge on any atom is -0.456 e. The van der Waals surface area contributed by atoms with Gasteiger partial charge in [0, 0.05) is 27.9 Å². The minimum absolute atomic E-state index is 0.512. The summed E-state index contributed by atoms with van der Waals surface area (Å²) in [7, 11) is 1.30. The lowest BCUT2D eigenvalue weighted by Crippen LogP contribution is -2.62. The quantitative estimate of drug-likeness (QED) is 0.510. The molecule has 0 unspecified atom stereocenters. The summed E-state index contributed by atoms with van der Waals surface area (Å²) in [5, 5.41) is 9.39. The second kappa shape index (κ2) is 8.06. The van der Waals surface area contributed by atoms with Gasteiger partial charge in [-0.3, -0.25) is 14.4 Å². The third-order valence-corrected chi connectivity index (χ3v) is 2.91. The molecule has 0 spiro atoms. The Bertz CT molecular complexity index is 392. The fourth-order valence-electron chi connectivity index (χ4n) is 2.19. The van der Waals surface area contributed by atoms with Gasteiger partial charge in [0.25, 0.3) is 0 Å². The molecule has 0 aromatic rings. The molecule has 22 heavy (non-hydrogen) atoms. The summed E-state index contributed by atoms with van der Waals surface area (Å²) in [6, 6.07) is 0. The van der Waals surface area contributed by atoms with Crippen LogP contribution in [0.3, 0.4) is 0 Å². The predicted molar refractivity (Wildman–Crippen MR) is 69.4 cm³/mol. The van der Waals surface area contributed by atoms with Crippen LogP contribution < -0.4 is 0 Å². The van der Waals surface area contributed by atoms with Crippen LogP contribution in [-0.2, 0) is 38.1 Å². The number of esters is 3. The maximum atomic E-state index is 11.3. The average molecular weight is 320 g/mol. The van der Waals surface area contributed by atoms with E-state index in [1.165, 1.54) is 7.11 Å². The first-order chi connectivity index (χ1) is 10.3. The van der Waals surface area contributed by atoms with Gasteiger partial charge in [-0.05, 0) is 0 Å². The standard InChI is InChI=1S/C13H20O9/c1-6(15)19-10-9(5-14)22-13(18-4)12(21-8(3)17)11(10)20-7(2)16/h9-14H,5H2,1-4H3/t9-,10+,11+,12-,13+/m1/s1. The first-order valence-electron chi connectivity index (χ1n) is 6.61. The minimum atomic E-state index is -1.17. The molecule has 1 N–H and O–H groups in total. The molecule has 0 radical (unpaired) electrons. The van der Waals surface area contributed by atoms with Crippen LogP contribution in [0.5, 0.6) is 0 Å². The van der Waals surface area contributed by atoms with E-state index in [1.807, 2.05) is 0 Å². The number of ether oxygens (including phenoxy) is 5. The van der Waals surface area contributed by atoms with Gasteiger partial charge in [-0.1, -0.05) is 0 Å². The van der Waals surface area contributed by atoms with Gasteiger partial charge in [0.15, 0.2) is 24.6 Å². The van der Waals surface area contributed by atoms with Crippen molar-refractivity contribution >= 4 is 17.9 Å². The van der Waals surface area contributed by atoms with Crippen LogP contribution in [0.1, 0.15) is 20.8 Å². The molecule has 0 aliphatic carbocycles. The zero-order chi connectivity index (χ0) is 16.9. The van der Waals surface area contributed by atoms with E-state index in [0.29, 0.717) is 0 Å². The largest absolute Gasteiger partial charge is 0.456 e. The molecule has 9 heteroatoms. The first kappa shape index (κ1) is 18.3. The average Bonchev–Trinajstić information content (AvgIpc) is 2.41. The topological polar surface area (TPSA) is 118 Å². The maximum Gasteiger partial charge on any atom is 0.303 e. The van der Waals surface area contributed by atoms with Crippen LogP contribution in [0.25, 0.3) is 0 Å². The number of aliphatic hydroxyl groups excluding tert-OH is 1. The molecule has 1 aliphatic rings. The van der Waals surface area contributed by atoms with Crippen molar-refractivity contribution in [2.24, 2.45) is 0 Å². The first-order valence-corrected chi connectivity index (χ1v) is 6.61. The van der Waals surface area contributed by atoms with Crippen molar-refractivity contribution in [2.45, 2.75) is 51.5 Å². The van der Waals surface area contributed by atoms with Crippen LogP contribution in [0.2, 0.25) is 0 Å². The normalized spacial score (nSPS) is 31.2.